The van der Waals surface area contributed by atoms with Crippen LogP contribution in [0.5, 0.6) is 5.75 Å². The molecule has 1 atom stereocenters. The second-order valence-electron chi connectivity index (χ2n) is 7.18. The number of carbonyl (C=O) groups excluding carboxylic acids is 2. The molecule has 0 aliphatic carbocycles. The van der Waals surface area contributed by atoms with Crippen LogP contribution in [0.2, 0.25) is 5.02 Å². The average molecular weight is 523 g/mol. The Morgan fingerprint density at radius 1 is 1.21 bits per heavy atom. The molecule has 34 heavy (non-hydrogen) atoms. The third kappa shape index (κ3) is 5.98. The van der Waals surface area contributed by atoms with Gasteiger partial charge >= 0.3 is 0 Å². The number of benzodiazepines with no additional fused rings is 1. The number of rotatable bonds is 8. The van der Waals surface area contributed by atoms with Crippen LogP contribution in [0, 0.1) is 0 Å². The first-order chi connectivity index (χ1) is 16.2. The highest BCUT2D eigenvalue weighted by Crippen LogP contribution is 2.30. The van der Waals surface area contributed by atoms with Crippen LogP contribution >= 0.6 is 34.8 Å². The summed E-state index contributed by atoms with van der Waals surface area (Å²) in [6.07, 6.45) is -1.30. The van der Waals surface area contributed by atoms with Crippen molar-refractivity contribution in [2.24, 2.45) is 4.99 Å². The summed E-state index contributed by atoms with van der Waals surface area (Å²) in [5.74, 6) is -0.875. The lowest BCUT2D eigenvalue weighted by molar-refractivity contribution is -0.117. The zero-order chi connectivity index (χ0) is 24.8. The van der Waals surface area contributed by atoms with Crippen molar-refractivity contribution >= 4 is 58.0 Å². The summed E-state index contributed by atoms with van der Waals surface area (Å²) in [6.45, 7) is 5.96. The standard InChI is InChI=1S/C24H22Cl3N3O4/c1-13(25)20(14(2)26)21-16-6-4-5-7-18(16)28-24(32)22(29-21)30-23(31)17-12-15(27)8-9-19(17)34-11-10-33-3/h4-9,12,22H,1,10-11H2,2-3H3,(H,28,32)(H,30,31)/b20-14-. The summed E-state index contributed by atoms with van der Waals surface area (Å²) in [4.78, 5) is 30.7. The van der Waals surface area contributed by atoms with Gasteiger partial charge in [0.2, 0.25) is 6.17 Å². The van der Waals surface area contributed by atoms with Crippen LogP contribution in [0.15, 0.2) is 69.7 Å². The molecule has 3 rings (SSSR count). The van der Waals surface area contributed by atoms with Crippen molar-refractivity contribution in [1.29, 1.82) is 0 Å². The first kappa shape index (κ1) is 25.8. The third-order valence-electron chi connectivity index (χ3n) is 4.80. The molecule has 2 N–H and O–H groups in total. The fraction of sp³-hybridized carbons (Fsp3) is 0.208. The van der Waals surface area contributed by atoms with E-state index in [0.29, 0.717) is 39.2 Å². The summed E-state index contributed by atoms with van der Waals surface area (Å²) >= 11 is 18.6. The SMILES string of the molecule is C=C(Cl)/C(C1=NC(NC(=O)c2cc(Cl)ccc2OCCOC)C(=O)Nc2ccccc21)=C(\C)Cl. The molecule has 1 aliphatic rings. The van der Waals surface area contributed by atoms with Crippen molar-refractivity contribution in [2.45, 2.75) is 13.1 Å². The van der Waals surface area contributed by atoms with Gasteiger partial charge in [0.1, 0.15) is 12.4 Å². The van der Waals surface area contributed by atoms with Gasteiger partial charge in [-0.05, 0) is 31.2 Å². The first-order valence-electron chi connectivity index (χ1n) is 10.1. The van der Waals surface area contributed by atoms with Gasteiger partial charge in [-0.1, -0.05) is 59.6 Å². The molecule has 1 unspecified atom stereocenters. The smallest absolute Gasteiger partial charge is 0.269 e. The summed E-state index contributed by atoms with van der Waals surface area (Å²) in [6, 6.07) is 11.6. The van der Waals surface area contributed by atoms with Crippen LogP contribution in [-0.4, -0.2) is 44.0 Å². The topological polar surface area (TPSA) is 89.0 Å². The van der Waals surface area contributed by atoms with Crippen LogP contribution < -0.4 is 15.4 Å². The van der Waals surface area contributed by atoms with E-state index in [0.717, 1.165) is 0 Å². The van der Waals surface area contributed by atoms with E-state index in [1.807, 2.05) is 0 Å². The van der Waals surface area contributed by atoms with Crippen molar-refractivity contribution in [2.75, 3.05) is 25.6 Å². The summed E-state index contributed by atoms with van der Waals surface area (Å²) in [5.41, 5.74) is 1.88. The number of carbonyl (C=O) groups is 2. The number of hydrogen-bond acceptors (Lipinski definition) is 5. The second-order valence-corrected chi connectivity index (χ2v) is 8.64. The number of nitrogens with zero attached hydrogens (tertiary/aromatic N) is 1. The van der Waals surface area contributed by atoms with Crippen molar-refractivity contribution in [1.82, 2.24) is 5.32 Å². The van der Waals surface area contributed by atoms with Crippen LogP contribution in [-0.2, 0) is 9.53 Å². The number of fused-ring (bicyclic) bond motifs is 1. The van der Waals surface area contributed by atoms with E-state index in [1.165, 1.54) is 13.2 Å². The van der Waals surface area contributed by atoms with E-state index in [4.69, 9.17) is 44.3 Å². The number of hydrogen-bond donors (Lipinski definition) is 2. The molecule has 1 aliphatic heterocycles. The number of ether oxygens (including phenoxy) is 2. The largest absolute Gasteiger partial charge is 0.490 e. The van der Waals surface area contributed by atoms with E-state index in [9.17, 15) is 9.59 Å². The van der Waals surface area contributed by atoms with Gasteiger partial charge in [0, 0.05) is 33.3 Å². The van der Waals surface area contributed by atoms with Gasteiger partial charge in [-0.25, -0.2) is 4.99 Å². The number of nitrogens with one attached hydrogen (secondary N) is 2. The highest BCUT2D eigenvalue weighted by Gasteiger charge is 2.30. The molecular weight excluding hydrogens is 501 g/mol. The molecule has 0 fully saturated rings. The number of allylic oxidation sites excluding steroid dienone is 3. The molecule has 2 aromatic rings. The van der Waals surface area contributed by atoms with Gasteiger partial charge < -0.3 is 20.1 Å². The van der Waals surface area contributed by atoms with Crippen molar-refractivity contribution in [3.05, 3.63) is 80.8 Å². The normalized spacial score (nSPS) is 15.9. The summed E-state index contributed by atoms with van der Waals surface area (Å²) in [7, 11) is 1.54. The van der Waals surface area contributed by atoms with Crippen molar-refractivity contribution in [3.63, 3.8) is 0 Å². The predicted molar refractivity (Wildman–Crippen MR) is 135 cm³/mol. The van der Waals surface area contributed by atoms with Gasteiger partial charge in [0.15, 0.2) is 0 Å². The molecule has 7 nitrogen and oxygen atoms in total. The number of halogens is 3. The number of para-hydroxylation sites is 1. The molecule has 0 saturated carbocycles. The number of anilines is 1. The van der Waals surface area contributed by atoms with Gasteiger partial charge in [-0.15, -0.1) is 0 Å². The van der Waals surface area contributed by atoms with Crippen molar-refractivity contribution < 1.29 is 19.1 Å². The van der Waals surface area contributed by atoms with E-state index >= 15 is 0 Å². The van der Waals surface area contributed by atoms with E-state index in [2.05, 4.69) is 22.2 Å². The Bertz CT molecular complexity index is 1190. The first-order valence-corrected chi connectivity index (χ1v) is 11.3. The Labute approximate surface area is 212 Å². The monoisotopic (exact) mass is 521 g/mol. The number of benzene rings is 2. The van der Waals surface area contributed by atoms with Crippen molar-refractivity contribution in [3.8, 4) is 5.75 Å². The minimum atomic E-state index is -1.30. The van der Waals surface area contributed by atoms with Crippen LogP contribution in [0.4, 0.5) is 5.69 Å². The molecule has 0 aromatic heterocycles. The minimum absolute atomic E-state index is 0.140. The predicted octanol–water partition coefficient (Wildman–Crippen LogP) is 5.13. The zero-order valence-electron chi connectivity index (χ0n) is 18.5. The quantitative estimate of drug-likeness (QED) is 0.372. The number of aliphatic imine (C=N–C) groups is 1. The third-order valence-corrected chi connectivity index (χ3v) is 5.41. The highest BCUT2D eigenvalue weighted by molar-refractivity contribution is 6.42. The Balaban J connectivity index is 2.02. The Morgan fingerprint density at radius 3 is 2.62 bits per heavy atom. The zero-order valence-corrected chi connectivity index (χ0v) is 20.7. The van der Waals surface area contributed by atoms with Crippen LogP contribution in [0.1, 0.15) is 22.8 Å². The summed E-state index contributed by atoms with van der Waals surface area (Å²) in [5, 5.41) is 6.21. The fourth-order valence-electron chi connectivity index (χ4n) is 3.27. The molecule has 1 heterocycles. The lowest BCUT2D eigenvalue weighted by Gasteiger charge is -2.16. The molecule has 178 valence electrons. The number of methoxy groups -OCH3 is 1. The number of amides is 2. The molecule has 2 aromatic carbocycles. The maximum absolute atomic E-state index is 13.2. The molecule has 2 amide bonds. The molecule has 0 radical (unpaired) electrons. The maximum atomic E-state index is 13.2. The fourth-order valence-corrected chi connectivity index (χ4v) is 3.93. The lowest BCUT2D eigenvalue weighted by atomic mass is 10.00. The van der Waals surface area contributed by atoms with E-state index in [1.54, 1.807) is 43.3 Å². The van der Waals surface area contributed by atoms with E-state index in [-0.39, 0.29) is 23.0 Å². The second kappa shape index (κ2) is 11.5. The molecule has 0 saturated heterocycles. The Hall–Kier alpha value is -2.84. The maximum Gasteiger partial charge on any atom is 0.269 e. The van der Waals surface area contributed by atoms with Gasteiger partial charge in [-0.3, -0.25) is 9.59 Å². The van der Waals surface area contributed by atoms with Gasteiger partial charge in [0.25, 0.3) is 11.8 Å². The summed E-state index contributed by atoms with van der Waals surface area (Å²) < 4.78 is 10.6. The average Bonchev–Trinajstić information content (AvgIpc) is 2.91. The van der Waals surface area contributed by atoms with Crippen LogP contribution in [0.25, 0.3) is 0 Å². The molecule has 10 heteroatoms. The van der Waals surface area contributed by atoms with Crippen LogP contribution in [0.3, 0.4) is 0 Å². The van der Waals surface area contributed by atoms with Gasteiger partial charge in [0.05, 0.1) is 23.6 Å². The van der Waals surface area contributed by atoms with E-state index < -0.39 is 18.0 Å². The molecule has 0 spiro atoms. The Kier molecular flexibility index (Phi) is 8.74. The minimum Gasteiger partial charge on any atom is -0.490 e. The molecule has 0 bridgehead atoms. The Morgan fingerprint density at radius 2 is 1.94 bits per heavy atom. The lowest BCUT2D eigenvalue weighted by Crippen LogP contribution is -2.42. The molecular formula is C24H22Cl3N3O4. The highest BCUT2D eigenvalue weighted by atomic mass is 35.5. The van der Waals surface area contributed by atoms with Gasteiger partial charge in [-0.2, -0.15) is 0 Å².